The Morgan fingerprint density at radius 2 is 0.931 bits per heavy atom. The zero-order chi connectivity index (χ0) is 102. The molecule has 9 aromatic heterocycles. The van der Waals surface area contributed by atoms with Gasteiger partial charge in [0.1, 0.15) is 33.3 Å². The average Bonchev–Trinajstić information content (AvgIpc) is 1.62. The largest absolute Gasteiger partial charge is 1.00 e. The summed E-state index contributed by atoms with van der Waals surface area (Å²) >= 11 is 3.45. The van der Waals surface area contributed by atoms with Crippen LogP contribution in [0.1, 0.15) is 92.7 Å². The third kappa shape index (κ3) is 24.4. The van der Waals surface area contributed by atoms with Crippen molar-refractivity contribution in [2.75, 3.05) is 20.8 Å². The summed E-state index contributed by atoms with van der Waals surface area (Å²) < 4.78 is 63.2. The molecule has 0 fully saturated rings. The van der Waals surface area contributed by atoms with E-state index in [1.165, 1.54) is 125 Å². The summed E-state index contributed by atoms with van der Waals surface area (Å²) in [6.45, 7) is 17.1. The molecule has 0 bridgehead atoms. The Morgan fingerprint density at radius 1 is 0.421 bits per heavy atom. The number of carbonyl (C=O) groups is 3. The maximum absolute atomic E-state index is 12.4. The number of para-hydroxylation sites is 8. The minimum absolute atomic E-state index is 0. The number of aryl methyl sites for hydroxylation is 10. The van der Waals surface area contributed by atoms with Gasteiger partial charge in [-0.2, -0.15) is 5.26 Å². The number of hydrogen-bond acceptors (Lipinski definition) is 9. The van der Waals surface area contributed by atoms with Gasteiger partial charge < -0.3 is 60.4 Å². The average molecular weight is 2010 g/mol. The van der Waals surface area contributed by atoms with Gasteiger partial charge in [-0.1, -0.05) is 229 Å². The van der Waals surface area contributed by atoms with Gasteiger partial charge in [-0.05, 0) is 251 Å². The number of benzene rings is 14. The zero-order valence-corrected chi connectivity index (χ0v) is 88.4. The summed E-state index contributed by atoms with van der Waals surface area (Å²) in [4.78, 5) is 36.5. The topological polar surface area (TPSA) is 207 Å². The van der Waals surface area contributed by atoms with Gasteiger partial charge in [-0.3, -0.25) is 9.59 Å². The van der Waals surface area contributed by atoms with Crippen LogP contribution in [0, 0.1) is 32.1 Å². The van der Waals surface area contributed by atoms with Crippen LogP contribution in [0.25, 0.3) is 126 Å². The van der Waals surface area contributed by atoms with Crippen LogP contribution < -0.4 is 39.6 Å². The van der Waals surface area contributed by atoms with Crippen molar-refractivity contribution in [3.05, 3.63) is 462 Å². The van der Waals surface area contributed by atoms with E-state index < -0.39 is 10.1 Å². The molecule has 145 heavy (non-hydrogen) atoms. The van der Waals surface area contributed by atoms with E-state index in [9.17, 15) is 27.4 Å². The molecule has 1 N–H and O–H groups in total. The van der Waals surface area contributed by atoms with Crippen LogP contribution in [0.2, 0.25) is 0 Å². The Morgan fingerprint density at radius 3 is 1.54 bits per heavy atom. The minimum Gasteiger partial charge on any atom is -0.744 e. The number of amides is 1. The van der Waals surface area contributed by atoms with Crippen LogP contribution in [-0.4, -0.2) is 92.5 Å². The SMILES string of the molecule is CCNC(=O)c1cc2ccccc2n1-c1ccc(S(=O)(=O)[O-])cc1.CCc1cn(-c2ccccc2)c2ccccc12.CCn1c(C)cc2ccccc21.CCn1cc(C#N)c2ccccc21.COC(=O)c1cc2cc(Br)ccc2n1-c1ccccc1.COc1ccc2c(c1)cc(C)n2C.Cc1cn(C)c2ccc(C(=O)c3ccccc3)cc12.Cn1c(-c2ccccc2)cc2ccccc21.Cn1ccc2ccccc21.[Na+]. The summed E-state index contributed by atoms with van der Waals surface area (Å²) in [7, 11) is 6.85. The van der Waals surface area contributed by atoms with Crippen molar-refractivity contribution >= 4 is 142 Å². The molecule has 0 radical (unpaired) electrons. The summed E-state index contributed by atoms with van der Waals surface area (Å²) in [5, 5.41) is 22.3. The molecule has 0 aliphatic rings. The first-order chi connectivity index (χ1) is 69.8. The summed E-state index contributed by atoms with van der Waals surface area (Å²) in [5.41, 5.74) is 24.2. The monoisotopic (exact) mass is 2010 g/mol. The molecule has 0 atom stereocenters. The predicted octanol–water partition coefficient (Wildman–Crippen LogP) is 25.4. The van der Waals surface area contributed by atoms with E-state index in [-0.39, 0.29) is 52.1 Å². The molecule has 19 nitrogen and oxygen atoms in total. The van der Waals surface area contributed by atoms with Crippen molar-refractivity contribution < 1.29 is 66.4 Å². The van der Waals surface area contributed by atoms with Gasteiger partial charge >= 0.3 is 35.5 Å². The van der Waals surface area contributed by atoms with Gasteiger partial charge in [0, 0.05) is 193 Å². The van der Waals surface area contributed by atoms with Crippen molar-refractivity contribution in [2.24, 2.45) is 28.2 Å². The molecule has 22 heteroatoms. The Kier molecular flexibility index (Phi) is 35.4. The Bertz CT molecular complexity index is 8600. The maximum Gasteiger partial charge on any atom is 1.00 e. The maximum atomic E-state index is 12.4. The number of aromatic nitrogens is 9. The van der Waals surface area contributed by atoms with Crippen LogP contribution in [0.15, 0.2) is 416 Å². The molecule has 0 saturated carbocycles. The van der Waals surface area contributed by atoms with Crippen LogP contribution in [0.4, 0.5) is 0 Å². The number of methoxy groups -OCH3 is 2. The zero-order valence-electron chi connectivity index (χ0n) is 84.0. The summed E-state index contributed by atoms with van der Waals surface area (Å²) in [6.07, 6.45) is 9.39. The number of esters is 1. The summed E-state index contributed by atoms with van der Waals surface area (Å²) in [6, 6.07) is 128. The van der Waals surface area contributed by atoms with E-state index in [2.05, 4.69) is 329 Å². The molecule has 0 unspecified atom stereocenters. The number of carbonyl (C=O) groups excluding carboxylic acids is 3. The number of fused-ring (bicyclic) bond motifs is 9. The number of ether oxygens (including phenoxy) is 2. The number of nitriles is 1. The van der Waals surface area contributed by atoms with Gasteiger partial charge in [-0.15, -0.1) is 0 Å². The van der Waals surface area contributed by atoms with Gasteiger partial charge in [-0.25, -0.2) is 13.2 Å². The molecule has 1 amide bonds. The standard InChI is InChI=1S/C17H16N2O4S.C17H15NO.C16H12BrNO2.C16H15N.C15H13N.C11H10N2.C11H13NO.C11H13N.C9H9N.Na/c1-2-18-17(20)16-11-12-5-3-4-6-15(12)19(16)13-7-9-14(10-8-13)24(21,22)23;1-12-11-18(2)16-9-8-14(10-15(12)16)17(19)13-6-4-3-5-7-13;1-20-16(19)15-10-11-9-12(17)7-8-14(11)18(15)13-5-3-2-4-6-13;1-2-13-12-17(14-8-4-3-5-9-14)16-11-7-6-10-15(13)16;1-16-14-10-6-5-9-13(14)11-15(16)12-7-3-2-4-8-12;1-2-13-8-9(7-12)10-5-3-4-6-11(10)13;1-8-6-9-7-10(13-3)4-5-11(9)12(8)2;1-3-12-9(2)8-10-6-4-5-7-11(10)12;1-10-7-6-8-4-2-3-5-9(8)10;/h3-11H,2H2,1H3,(H,18,20)(H,21,22,23);3-11H,1-2H3;2-10H,1H3;3-12H,2H2,1H3;2-11H,1H3;3-6,8H,2H2,1H3;4-7H,1-3H3;4-8H,3H2,1-2H3;2-7H,1H3;/q;;;;;;;;;+1/p-1. The fourth-order valence-corrected chi connectivity index (χ4v) is 18.9. The van der Waals surface area contributed by atoms with E-state index in [0.29, 0.717) is 23.6 Å². The Balaban J connectivity index is 0.000000130. The molecule has 14 aromatic carbocycles. The van der Waals surface area contributed by atoms with Gasteiger partial charge in [0.25, 0.3) is 5.91 Å². The van der Waals surface area contributed by atoms with E-state index in [0.717, 1.165) is 95.7 Å². The fraction of sp³-hybridized carbons (Fsp3) is 0.138. The molecule has 23 rings (SSSR count). The van der Waals surface area contributed by atoms with Crippen LogP contribution >= 0.6 is 15.9 Å². The van der Waals surface area contributed by atoms with Crippen molar-refractivity contribution in [2.45, 2.75) is 72.9 Å². The number of hydrogen-bond donors (Lipinski definition) is 1. The van der Waals surface area contributed by atoms with Gasteiger partial charge in [0.15, 0.2) is 5.78 Å². The second-order valence-corrected chi connectivity index (χ2v) is 36.8. The first-order valence-electron chi connectivity index (χ1n) is 47.8. The normalized spacial score (nSPS) is 10.8. The Labute approximate surface area is 876 Å². The van der Waals surface area contributed by atoms with Crippen molar-refractivity contribution in [3.8, 4) is 40.1 Å². The van der Waals surface area contributed by atoms with Crippen LogP contribution in [0.3, 0.4) is 0 Å². The van der Waals surface area contributed by atoms with Gasteiger partial charge in [0.2, 0.25) is 0 Å². The summed E-state index contributed by atoms with van der Waals surface area (Å²) in [5.74, 6) is 0.416. The van der Waals surface area contributed by atoms with Crippen LogP contribution in [-0.2, 0) is 62.6 Å². The van der Waals surface area contributed by atoms with Crippen LogP contribution in [0.5, 0.6) is 5.75 Å². The third-order valence-corrected chi connectivity index (χ3v) is 26.8. The third-order valence-electron chi connectivity index (χ3n) is 25.4. The second-order valence-electron chi connectivity index (χ2n) is 34.5. The second kappa shape index (κ2) is 48.8. The van der Waals surface area contributed by atoms with Crippen molar-refractivity contribution in [1.29, 1.82) is 5.26 Å². The van der Waals surface area contributed by atoms with Gasteiger partial charge in [0.05, 0.1) is 41.2 Å². The van der Waals surface area contributed by atoms with E-state index in [1.807, 2.05) is 189 Å². The fourth-order valence-electron chi connectivity index (χ4n) is 18.1. The molecular formula is C123H115BrN11NaO8S. The number of nitrogens with one attached hydrogen (secondary N) is 1. The van der Waals surface area contributed by atoms with E-state index in [4.69, 9.17) is 14.7 Å². The van der Waals surface area contributed by atoms with E-state index >= 15 is 0 Å². The van der Waals surface area contributed by atoms with Crippen molar-refractivity contribution in [3.63, 3.8) is 0 Å². The minimum atomic E-state index is -4.50. The quantitative estimate of drug-likeness (QED) is 0.0475. The van der Waals surface area contributed by atoms with Crippen molar-refractivity contribution in [1.82, 2.24) is 46.4 Å². The number of ketones is 1. The molecule has 0 saturated heterocycles. The molecular weight excluding hydrogens is 1890 g/mol. The predicted molar refractivity (Wildman–Crippen MR) is 592 cm³/mol. The van der Waals surface area contributed by atoms with E-state index in [1.54, 1.807) is 17.7 Å². The first kappa shape index (κ1) is 105. The molecule has 0 aliphatic heterocycles. The molecule has 23 aromatic rings. The molecule has 0 aliphatic carbocycles. The number of nitrogens with zero attached hydrogens (tertiary/aromatic N) is 10. The molecule has 9 heterocycles. The number of halogens is 1. The smallest absolute Gasteiger partial charge is 0.744 e. The first-order valence-corrected chi connectivity index (χ1v) is 50.0. The Hall–Kier alpha value is -15.8. The molecule has 0 spiro atoms. The number of rotatable bonds is 14. The molecule has 724 valence electrons.